The van der Waals surface area contributed by atoms with Gasteiger partial charge in [0.05, 0.1) is 24.8 Å². The molecule has 1 atom stereocenters. The van der Waals surface area contributed by atoms with Crippen molar-refractivity contribution in [2.75, 3.05) is 19.1 Å². The molecule has 0 heterocycles. The van der Waals surface area contributed by atoms with Crippen LogP contribution in [0.3, 0.4) is 0 Å². The number of aliphatic hydroxyl groups excluding tert-OH is 1. The van der Waals surface area contributed by atoms with E-state index in [0.29, 0.717) is 5.56 Å². The second kappa shape index (κ2) is 6.29. The Kier molecular flexibility index (Phi) is 4.46. The van der Waals surface area contributed by atoms with E-state index in [-0.39, 0.29) is 0 Å². The third kappa shape index (κ3) is 3.15. The minimum atomic E-state index is -0.610. The molecule has 0 aliphatic heterocycles. The van der Waals surface area contributed by atoms with Gasteiger partial charge >= 0.3 is 0 Å². The Labute approximate surface area is 124 Å². The quantitative estimate of drug-likeness (QED) is 0.934. The summed E-state index contributed by atoms with van der Waals surface area (Å²) in [6.45, 7) is 1.71. The fourth-order valence-corrected chi connectivity index (χ4v) is 2.22. The second-order valence-electron chi connectivity index (χ2n) is 4.82. The van der Waals surface area contributed by atoms with Gasteiger partial charge in [0.1, 0.15) is 5.75 Å². The molecule has 0 aromatic heterocycles. The summed E-state index contributed by atoms with van der Waals surface area (Å²) in [6.07, 6.45) is -0.610. The first-order valence-corrected chi connectivity index (χ1v) is 6.66. The maximum absolute atomic E-state index is 9.93. The van der Waals surface area contributed by atoms with Gasteiger partial charge in [0.2, 0.25) is 0 Å². The molecule has 0 saturated carbocycles. The number of hydrogen-bond donors (Lipinski definition) is 1. The fourth-order valence-electron chi connectivity index (χ4n) is 2.22. The molecule has 21 heavy (non-hydrogen) atoms. The molecule has 4 nitrogen and oxygen atoms in total. The number of ether oxygens (including phenoxy) is 1. The monoisotopic (exact) mass is 282 g/mol. The average molecular weight is 282 g/mol. The van der Waals surface area contributed by atoms with Crippen LogP contribution in [0.5, 0.6) is 5.75 Å². The molecule has 0 unspecified atom stereocenters. The topological polar surface area (TPSA) is 56.5 Å². The molecule has 0 amide bonds. The van der Waals surface area contributed by atoms with Crippen LogP contribution in [0.25, 0.3) is 0 Å². The first kappa shape index (κ1) is 14.9. The molecule has 0 fully saturated rings. The minimum absolute atomic E-state index is 0.559. The zero-order valence-electron chi connectivity index (χ0n) is 12.4. The highest BCUT2D eigenvalue weighted by Crippen LogP contribution is 2.33. The lowest BCUT2D eigenvalue weighted by Gasteiger charge is -2.24. The average Bonchev–Trinajstić information content (AvgIpc) is 2.53. The van der Waals surface area contributed by atoms with Crippen molar-refractivity contribution in [1.82, 2.24) is 0 Å². The molecule has 0 bridgehead atoms. The molecule has 2 rings (SSSR count). The van der Waals surface area contributed by atoms with Gasteiger partial charge in [-0.15, -0.1) is 0 Å². The van der Waals surface area contributed by atoms with Crippen LogP contribution in [0.1, 0.15) is 24.2 Å². The Hall–Kier alpha value is -2.51. The summed E-state index contributed by atoms with van der Waals surface area (Å²) < 4.78 is 5.24. The highest BCUT2D eigenvalue weighted by Gasteiger charge is 2.14. The zero-order valence-corrected chi connectivity index (χ0v) is 12.4. The first-order chi connectivity index (χ1) is 10.1. The Morgan fingerprint density at radius 2 is 2.00 bits per heavy atom. The van der Waals surface area contributed by atoms with Gasteiger partial charge in [0.15, 0.2) is 0 Å². The van der Waals surface area contributed by atoms with Crippen molar-refractivity contribution in [3.63, 3.8) is 0 Å². The number of nitrogens with zero attached hydrogens (tertiary/aromatic N) is 2. The van der Waals surface area contributed by atoms with Crippen molar-refractivity contribution < 1.29 is 9.84 Å². The first-order valence-electron chi connectivity index (χ1n) is 6.66. The van der Waals surface area contributed by atoms with Crippen molar-refractivity contribution >= 4 is 11.4 Å². The molecule has 0 radical (unpaired) electrons. The highest BCUT2D eigenvalue weighted by molar-refractivity contribution is 5.68. The van der Waals surface area contributed by atoms with Crippen molar-refractivity contribution in [2.45, 2.75) is 13.0 Å². The van der Waals surface area contributed by atoms with Crippen LogP contribution >= 0.6 is 0 Å². The van der Waals surface area contributed by atoms with Crippen LogP contribution in [0.15, 0.2) is 42.5 Å². The van der Waals surface area contributed by atoms with Gasteiger partial charge in [0.25, 0.3) is 0 Å². The molecule has 0 aliphatic carbocycles. The third-order valence-electron chi connectivity index (χ3n) is 3.41. The molecule has 4 heteroatoms. The zero-order chi connectivity index (χ0) is 15.4. The largest absolute Gasteiger partial charge is 0.497 e. The fraction of sp³-hybridized carbons (Fsp3) is 0.235. The van der Waals surface area contributed by atoms with Gasteiger partial charge in [-0.1, -0.05) is 12.1 Å². The van der Waals surface area contributed by atoms with E-state index in [1.165, 1.54) is 0 Å². The van der Waals surface area contributed by atoms with Crippen molar-refractivity contribution in [3.05, 3.63) is 53.6 Å². The summed E-state index contributed by atoms with van der Waals surface area (Å²) in [5.74, 6) is 0.759. The molecule has 2 aromatic rings. The predicted molar refractivity (Wildman–Crippen MR) is 82.8 cm³/mol. The van der Waals surface area contributed by atoms with Crippen LogP contribution in [-0.4, -0.2) is 19.3 Å². The van der Waals surface area contributed by atoms with Gasteiger partial charge in [-0.2, -0.15) is 5.26 Å². The summed E-state index contributed by atoms with van der Waals surface area (Å²) >= 11 is 0. The third-order valence-corrected chi connectivity index (χ3v) is 3.41. The number of benzene rings is 2. The summed E-state index contributed by atoms with van der Waals surface area (Å²) in [4.78, 5) is 1.94. The Morgan fingerprint density at radius 1 is 1.24 bits per heavy atom. The normalized spacial score (nSPS) is 11.6. The van der Waals surface area contributed by atoms with Crippen molar-refractivity contribution in [3.8, 4) is 11.8 Å². The van der Waals surface area contributed by atoms with Gasteiger partial charge in [-0.05, 0) is 31.2 Å². The number of anilines is 2. The van der Waals surface area contributed by atoms with E-state index in [2.05, 4.69) is 6.07 Å². The second-order valence-corrected chi connectivity index (χ2v) is 4.82. The molecule has 0 saturated heterocycles. The van der Waals surface area contributed by atoms with Crippen LogP contribution in [0.2, 0.25) is 0 Å². The molecular formula is C17H18N2O2. The van der Waals surface area contributed by atoms with E-state index < -0.39 is 6.10 Å². The van der Waals surface area contributed by atoms with E-state index in [1.807, 2.05) is 36.2 Å². The highest BCUT2D eigenvalue weighted by atomic mass is 16.5. The molecule has 1 N–H and O–H groups in total. The number of rotatable bonds is 4. The number of nitriles is 1. The van der Waals surface area contributed by atoms with E-state index in [9.17, 15) is 5.11 Å². The lowest BCUT2D eigenvalue weighted by Crippen LogP contribution is -2.13. The van der Waals surface area contributed by atoms with E-state index in [4.69, 9.17) is 10.00 Å². The Balaban J connectivity index is 2.50. The van der Waals surface area contributed by atoms with E-state index in [1.54, 1.807) is 32.2 Å². The number of hydrogen-bond acceptors (Lipinski definition) is 4. The molecular weight excluding hydrogens is 264 g/mol. The lowest BCUT2D eigenvalue weighted by molar-refractivity contribution is 0.200. The summed E-state index contributed by atoms with van der Waals surface area (Å²) in [5.41, 5.74) is 3.06. The van der Waals surface area contributed by atoms with E-state index >= 15 is 0 Å². The minimum Gasteiger partial charge on any atom is -0.497 e. The van der Waals surface area contributed by atoms with Crippen molar-refractivity contribution in [1.29, 1.82) is 5.26 Å². The van der Waals surface area contributed by atoms with Crippen LogP contribution in [0, 0.1) is 11.3 Å². The SMILES string of the molecule is COc1cccc(N(C)c2cc(C#N)ccc2[C@@H](C)O)c1. The maximum atomic E-state index is 9.93. The van der Waals surface area contributed by atoms with Gasteiger partial charge in [-0.25, -0.2) is 0 Å². The van der Waals surface area contributed by atoms with Crippen LogP contribution in [-0.2, 0) is 0 Å². The van der Waals surface area contributed by atoms with Crippen LogP contribution < -0.4 is 9.64 Å². The van der Waals surface area contributed by atoms with E-state index in [0.717, 1.165) is 22.7 Å². The van der Waals surface area contributed by atoms with Gasteiger partial charge in [-0.3, -0.25) is 0 Å². The summed E-state index contributed by atoms with van der Waals surface area (Å²) in [7, 11) is 3.52. The number of aliphatic hydroxyl groups is 1. The van der Waals surface area contributed by atoms with Gasteiger partial charge in [0, 0.05) is 30.1 Å². The summed E-state index contributed by atoms with van der Waals surface area (Å²) in [5, 5.41) is 19.0. The van der Waals surface area contributed by atoms with Crippen molar-refractivity contribution in [2.24, 2.45) is 0 Å². The predicted octanol–water partition coefficient (Wildman–Crippen LogP) is 3.39. The molecule has 0 aliphatic rings. The number of methoxy groups -OCH3 is 1. The summed E-state index contributed by atoms with van der Waals surface area (Å²) in [6, 6.07) is 15.0. The maximum Gasteiger partial charge on any atom is 0.120 e. The van der Waals surface area contributed by atoms with Gasteiger partial charge < -0.3 is 14.7 Å². The Bertz CT molecular complexity index is 675. The van der Waals surface area contributed by atoms with Crippen LogP contribution in [0.4, 0.5) is 11.4 Å². The smallest absolute Gasteiger partial charge is 0.120 e. The Morgan fingerprint density at radius 3 is 2.62 bits per heavy atom. The molecule has 108 valence electrons. The lowest BCUT2D eigenvalue weighted by atomic mass is 10.0. The standard InChI is InChI=1S/C17H18N2O2/c1-12(20)16-8-7-13(11-18)9-17(16)19(2)14-5-4-6-15(10-14)21-3/h4-10,12,20H,1-3H3/t12-/m1/s1. The molecule has 0 spiro atoms. The molecule has 2 aromatic carbocycles.